The first-order valence-corrected chi connectivity index (χ1v) is 8.90. The Hall–Kier alpha value is -0.220. The molecule has 112 valence electrons. The molecule has 4 heteroatoms. The minimum atomic E-state index is 0.218. The Bertz CT molecular complexity index is 265. The van der Waals surface area contributed by atoms with Crippen LogP contribution < -0.4 is 11.1 Å². The van der Waals surface area contributed by atoms with Gasteiger partial charge < -0.3 is 11.1 Å². The van der Waals surface area contributed by atoms with Crippen LogP contribution >= 0.6 is 11.8 Å². The predicted molar refractivity (Wildman–Crippen MR) is 84.4 cm³/mol. The Morgan fingerprint density at radius 2 is 2.05 bits per heavy atom. The van der Waals surface area contributed by atoms with Gasteiger partial charge in [-0.05, 0) is 44.4 Å². The maximum absolute atomic E-state index is 11.9. The van der Waals surface area contributed by atoms with Crippen LogP contribution in [0.1, 0.15) is 58.3 Å². The van der Waals surface area contributed by atoms with E-state index in [0.717, 1.165) is 32.4 Å². The molecular weight excluding hydrogens is 256 g/mol. The number of thioether (sulfide) groups is 1. The van der Waals surface area contributed by atoms with E-state index in [4.69, 9.17) is 5.73 Å². The zero-order valence-corrected chi connectivity index (χ0v) is 13.4. The van der Waals surface area contributed by atoms with Crippen molar-refractivity contribution in [1.29, 1.82) is 0 Å². The number of nitrogens with two attached hydrogens (primary N) is 1. The third kappa shape index (κ3) is 5.74. The first-order valence-electron chi connectivity index (χ1n) is 7.67. The lowest BCUT2D eigenvalue weighted by atomic mass is 9.96. The number of nitrogens with one attached hydrogen (secondary N) is 1. The zero-order chi connectivity index (χ0) is 14.1. The topological polar surface area (TPSA) is 55.1 Å². The van der Waals surface area contributed by atoms with Crippen LogP contribution in [0.4, 0.5) is 0 Å². The third-order valence-corrected chi connectivity index (χ3v) is 5.91. The van der Waals surface area contributed by atoms with Crippen LogP contribution in [0.25, 0.3) is 0 Å². The van der Waals surface area contributed by atoms with Crippen molar-refractivity contribution in [3.05, 3.63) is 0 Å². The van der Waals surface area contributed by atoms with E-state index in [1.165, 1.54) is 25.7 Å². The summed E-state index contributed by atoms with van der Waals surface area (Å²) in [6.45, 7) is 3.76. The number of rotatable bonds is 9. The summed E-state index contributed by atoms with van der Waals surface area (Å²) >= 11 is 1.93. The summed E-state index contributed by atoms with van der Waals surface area (Å²) in [5, 5.41) is 3.15. The Kier molecular flexibility index (Phi) is 7.84. The van der Waals surface area contributed by atoms with Crippen LogP contribution in [0.5, 0.6) is 0 Å². The Balaban J connectivity index is 2.23. The average molecular weight is 286 g/mol. The quantitative estimate of drug-likeness (QED) is 0.685. The maximum Gasteiger partial charge on any atom is 0.220 e. The van der Waals surface area contributed by atoms with E-state index in [1.54, 1.807) is 0 Å². The molecule has 0 spiro atoms. The molecule has 1 rings (SSSR count). The lowest BCUT2D eigenvalue weighted by molar-refractivity contribution is -0.121. The molecule has 0 aromatic rings. The van der Waals surface area contributed by atoms with Crippen LogP contribution in [0, 0.1) is 5.92 Å². The van der Waals surface area contributed by atoms with Crippen molar-refractivity contribution in [3.8, 4) is 0 Å². The summed E-state index contributed by atoms with van der Waals surface area (Å²) in [6.07, 6.45) is 11.1. The van der Waals surface area contributed by atoms with Crippen molar-refractivity contribution < 1.29 is 4.79 Å². The molecule has 1 aliphatic carbocycles. The fourth-order valence-corrected chi connectivity index (χ4v) is 3.86. The highest BCUT2D eigenvalue weighted by Gasteiger charge is 2.33. The van der Waals surface area contributed by atoms with Crippen molar-refractivity contribution in [2.24, 2.45) is 11.7 Å². The van der Waals surface area contributed by atoms with Gasteiger partial charge in [-0.3, -0.25) is 4.79 Å². The first kappa shape index (κ1) is 16.8. The van der Waals surface area contributed by atoms with E-state index in [9.17, 15) is 4.79 Å². The second-order valence-electron chi connectivity index (χ2n) is 5.76. The van der Waals surface area contributed by atoms with E-state index >= 15 is 0 Å². The first-order chi connectivity index (χ1) is 9.15. The van der Waals surface area contributed by atoms with Gasteiger partial charge in [0.2, 0.25) is 5.91 Å². The molecule has 0 aromatic heterocycles. The van der Waals surface area contributed by atoms with E-state index < -0.39 is 0 Å². The SMILES string of the molecule is CCC(CCN)CCC(=O)NCC1(SC)CCCC1. The summed E-state index contributed by atoms with van der Waals surface area (Å²) in [5.41, 5.74) is 5.58. The second kappa shape index (κ2) is 8.85. The molecule has 19 heavy (non-hydrogen) atoms. The van der Waals surface area contributed by atoms with Crippen LogP contribution in [0.15, 0.2) is 0 Å². The largest absolute Gasteiger partial charge is 0.355 e. The van der Waals surface area contributed by atoms with Gasteiger partial charge in [0, 0.05) is 17.7 Å². The Morgan fingerprint density at radius 1 is 1.37 bits per heavy atom. The van der Waals surface area contributed by atoms with Crippen molar-refractivity contribution in [3.63, 3.8) is 0 Å². The van der Waals surface area contributed by atoms with Gasteiger partial charge in [0.25, 0.3) is 0 Å². The molecule has 0 bridgehead atoms. The average Bonchev–Trinajstić information content (AvgIpc) is 2.90. The van der Waals surface area contributed by atoms with Gasteiger partial charge in [-0.1, -0.05) is 26.2 Å². The Morgan fingerprint density at radius 3 is 2.58 bits per heavy atom. The molecule has 0 heterocycles. The maximum atomic E-state index is 11.9. The second-order valence-corrected chi connectivity index (χ2v) is 7.04. The predicted octanol–water partition coefficient (Wildman–Crippen LogP) is 2.93. The van der Waals surface area contributed by atoms with Gasteiger partial charge >= 0.3 is 0 Å². The highest BCUT2D eigenvalue weighted by molar-refractivity contribution is 8.00. The summed E-state index contributed by atoms with van der Waals surface area (Å²) in [7, 11) is 0. The summed E-state index contributed by atoms with van der Waals surface area (Å²) < 4.78 is 0.317. The molecule has 0 aliphatic heterocycles. The molecule has 1 fully saturated rings. The highest BCUT2D eigenvalue weighted by atomic mass is 32.2. The number of hydrogen-bond acceptors (Lipinski definition) is 3. The standard InChI is InChI=1S/C15H30N2OS/c1-3-13(8-11-16)6-7-14(18)17-12-15(19-2)9-4-5-10-15/h13H,3-12,16H2,1-2H3,(H,17,18). The van der Waals surface area contributed by atoms with Gasteiger partial charge in [0.05, 0.1) is 0 Å². The van der Waals surface area contributed by atoms with Crippen LogP contribution in [0.3, 0.4) is 0 Å². The molecule has 0 aromatic carbocycles. The van der Waals surface area contributed by atoms with Gasteiger partial charge in [0.1, 0.15) is 0 Å². The minimum Gasteiger partial charge on any atom is -0.355 e. The molecule has 0 saturated heterocycles. The molecule has 1 aliphatic rings. The highest BCUT2D eigenvalue weighted by Crippen LogP contribution is 2.39. The van der Waals surface area contributed by atoms with Gasteiger partial charge in [0.15, 0.2) is 0 Å². The molecule has 1 saturated carbocycles. The lowest BCUT2D eigenvalue weighted by Gasteiger charge is -2.27. The lowest BCUT2D eigenvalue weighted by Crippen LogP contribution is -2.38. The summed E-state index contributed by atoms with van der Waals surface area (Å²) in [6, 6.07) is 0. The number of hydrogen-bond donors (Lipinski definition) is 2. The molecule has 0 radical (unpaired) electrons. The van der Waals surface area contributed by atoms with Gasteiger partial charge in [-0.15, -0.1) is 0 Å². The normalized spacial score (nSPS) is 19.3. The molecular formula is C15H30N2OS. The van der Waals surface area contributed by atoms with Crippen LogP contribution in [-0.4, -0.2) is 30.0 Å². The van der Waals surface area contributed by atoms with E-state index in [2.05, 4.69) is 18.5 Å². The molecule has 3 N–H and O–H groups in total. The van der Waals surface area contributed by atoms with Gasteiger partial charge in [-0.2, -0.15) is 11.8 Å². The van der Waals surface area contributed by atoms with Crippen molar-refractivity contribution in [2.45, 2.75) is 63.0 Å². The fourth-order valence-electron chi connectivity index (χ4n) is 2.94. The molecule has 1 amide bonds. The minimum absolute atomic E-state index is 0.218. The molecule has 3 nitrogen and oxygen atoms in total. The van der Waals surface area contributed by atoms with E-state index in [0.29, 0.717) is 17.1 Å². The van der Waals surface area contributed by atoms with Crippen molar-refractivity contribution in [1.82, 2.24) is 5.32 Å². The number of amides is 1. The summed E-state index contributed by atoms with van der Waals surface area (Å²) in [5.74, 6) is 0.826. The van der Waals surface area contributed by atoms with Crippen LogP contribution in [-0.2, 0) is 4.79 Å². The number of carbonyl (C=O) groups excluding carboxylic acids is 1. The number of carbonyl (C=O) groups is 1. The van der Waals surface area contributed by atoms with E-state index in [-0.39, 0.29) is 5.91 Å². The van der Waals surface area contributed by atoms with Gasteiger partial charge in [-0.25, -0.2) is 0 Å². The zero-order valence-electron chi connectivity index (χ0n) is 12.5. The van der Waals surface area contributed by atoms with Crippen molar-refractivity contribution >= 4 is 17.7 Å². The molecule has 1 atom stereocenters. The third-order valence-electron chi connectivity index (χ3n) is 4.49. The monoisotopic (exact) mass is 286 g/mol. The smallest absolute Gasteiger partial charge is 0.220 e. The Labute approximate surface area is 122 Å². The summed E-state index contributed by atoms with van der Waals surface area (Å²) in [4.78, 5) is 11.9. The van der Waals surface area contributed by atoms with Crippen LogP contribution in [0.2, 0.25) is 0 Å². The van der Waals surface area contributed by atoms with E-state index in [1.807, 2.05) is 11.8 Å². The fraction of sp³-hybridized carbons (Fsp3) is 0.933. The van der Waals surface area contributed by atoms with Crippen molar-refractivity contribution in [2.75, 3.05) is 19.3 Å². The molecule has 1 unspecified atom stereocenters.